The lowest BCUT2D eigenvalue weighted by Crippen LogP contribution is -2.16. The zero-order valence-electron chi connectivity index (χ0n) is 16.1. The van der Waals surface area contributed by atoms with E-state index in [9.17, 15) is 18.0 Å². The third kappa shape index (κ3) is 4.05. The van der Waals surface area contributed by atoms with E-state index >= 15 is 0 Å². The van der Waals surface area contributed by atoms with E-state index in [1.807, 2.05) is 55.6 Å². The molecule has 0 saturated heterocycles. The van der Waals surface area contributed by atoms with Crippen LogP contribution in [0.2, 0.25) is 0 Å². The van der Waals surface area contributed by atoms with E-state index in [1.165, 1.54) is 12.1 Å². The van der Waals surface area contributed by atoms with E-state index < -0.39 is 17.6 Å². The van der Waals surface area contributed by atoms with Gasteiger partial charge >= 0.3 is 6.18 Å². The molecule has 4 rings (SSSR count). The van der Waals surface area contributed by atoms with E-state index in [-0.39, 0.29) is 5.56 Å². The van der Waals surface area contributed by atoms with Gasteiger partial charge in [-0.15, -0.1) is 0 Å². The maximum absolute atomic E-state index is 13.0. The number of aromatic nitrogens is 2. The van der Waals surface area contributed by atoms with Gasteiger partial charge < -0.3 is 5.32 Å². The van der Waals surface area contributed by atoms with Gasteiger partial charge in [-0.3, -0.25) is 9.20 Å². The molecule has 0 saturated carbocycles. The van der Waals surface area contributed by atoms with Crippen LogP contribution >= 0.6 is 0 Å². The van der Waals surface area contributed by atoms with Crippen molar-refractivity contribution >= 4 is 17.4 Å². The fourth-order valence-electron chi connectivity index (χ4n) is 3.26. The number of carbonyl (C=O) groups excluding carboxylic acids is 1. The molecule has 2 aromatic heterocycles. The van der Waals surface area contributed by atoms with Crippen LogP contribution in [-0.2, 0) is 12.6 Å². The predicted octanol–water partition coefficient (Wildman–Crippen LogP) is 5.50. The molecule has 152 valence electrons. The topological polar surface area (TPSA) is 46.4 Å². The van der Waals surface area contributed by atoms with Crippen molar-refractivity contribution in [1.82, 2.24) is 9.38 Å². The Morgan fingerprint density at radius 1 is 1.03 bits per heavy atom. The summed E-state index contributed by atoms with van der Waals surface area (Å²) in [6.07, 6.45) is -2.21. The standard InChI is InChI=1S/C23H18F3N3O/c1-15-10-11-20-27-19(12-16-6-3-2-4-7-16)21(29(20)14-15)28-22(30)17-8-5-9-18(13-17)23(24,25)26/h2-11,13-14H,12H2,1H3,(H,28,30). The number of carbonyl (C=O) groups is 1. The van der Waals surface area contributed by atoms with Gasteiger partial charge in [0.15, 0.2) is 0 Å². The molecular weight excluding hydrogens is 391 g/mol. The fourth-order valence-corrected chi connectivity index (χ4v) is 3.26. The molecule has 0 fully saturated rings. The van der Waals surface area contributed by atoms with Crippen molar-refractivity contribution in [2.45, 2.75) is 19.5 Å². The molecule has 0 aliphatic rings. The number of nitrogens with zero attached hydrogens (tertiary/aromatic N) is 2. The molecule has 0 bridgehead atoms. The number of nitrogens with one attached hydrogen (secondary N) is 1. The Labute approximate surface area is 171 Å². The minimum atomic E-state index is -4.52. The molecule has 0 spiro atoms. The lowest BCUT2D eigenvalue weighted by atomic mass is 10.1. The Bertz CT molecular complexity index is 1210. The summed E-state index contributed by atoms with van der Waals surface area (Å²) in [7, 11) is 0. The lowest BCUT2D eigenvalue weighted by molar-refractivity contribution is -0.137. The summed E-state index contributed by atoms with van der Waals surface area (Å²) in [5.74, 6) is -0.182. The molecule has 4 nitrogen and oxygen atoms in total. The normalized spacial score (nSPS) is 11.6. The zero-order valence-corrected chi connectivity index (χ0v) is 16.1. The minimum Gasteiger partial charge on any atom is -0.306 e. The predicted molar refractivity (Wildman–Crippen MR) is 109 cm³/mol. The fraction of sp³-hybridized carbons (Fsp3) is 0.130. The minimum absolute atomic E-state index is 0.0712. The Morgan fingerprint density at radius 2 is 1.80 bits per heavy atom. The Hall–Kier alpha value is -3.61. The van der Waals surface area contributed by atoms with Crippen molar-refractivity contribution in [3.05, 3.63) is 101 Å². The number of pyridine rings is 1. The molecule has 0 radical (unpaired) electrons. The monoisotopic (exact) mass is 409 g/mol. The van der Waals surface area contributed by atoms with E-state index in [1.54, 1.807) is 4.40 Å². The van der Waals surface area contributed by atoms with Crippen molar-refractivity contribution in [2.24, 2.45) is 0 Å². The van der Waals surface area contributed by atoms with Crippen LogP contribution in [0.4, 0.5) is 19.0 Å². The third-order valence-corrected chi connectivity index (χ3v) is 4.74. The first-order valence-corrected chi connectivity index (χ1v) is 9.31. The number of benzene rings is 2. The van der Waals surface area contributed by atoms with Crippen molar-refractivity contribution < 1.29 is 18.0 Å². The first kappa shape index (κ1) is 19.7. The van der Waals surface area contributed by atoms with Gasteiger partial charge in [0.2, 0.25) is 0 Å². The Kier molecular flexibility index (Phi) is 5.03. The number of amides is 1. The van der Waals surface area contributed by atoms with Gasteiger partial charge in [0, 0.05) is 18.2 Å². The van der Waals surface area contributed by atoms with Crippen LogP contribution < -0.4 is 5.32 Å². The summed E-state index contributed by atoms with van der Waals surface area (Å²) in [6, 6.07) is 17.8. The largest absolute Gasteiger partial charge is 0.416 e. The summed E-state index contributed by atoms with van der Waals surface area (Å²) in [5.41, 5.74) is 2.30. The Morgan fingerprint density at radius 3 is 2.53 bits per heavy atom. The number of aryl methyl sites for hydroxylation is 1. The van der Waals surface area contributed by atoms with Gasteiger partial charge in [-0.2, -0.15) is 13.2 Å². The van der Waals surface area contributed by atoms with Gasteiger partial charge in [-0.05, 0) is 42.3 Å². The van der Waals surface area contributed by atoms with Crippen LogP contribution in [0.1, 0.15) is 32.7 Å². The molecule has 0 aliphatic carbocycles. The lowest BCUT2D eigenvalue weighted by Gasteiger charge is -2.11. The highest BCUT2D eigenvalue weighted by Gasteiger charge is 2.31. The highest BCUT2D eigenvalue weighted by molar-refractivity contribution is 6.04. The molecule has 7 heteroatoms. The van der Waals surface area contributed by atoms with Crippen molar-refractivity contribution in [3.63, 3.8) is 0 Å². The number of fused-ring (bicyclic) bond motifs is 1. The second kappa shape index (κ2) is 7.67. The average Bonchev–Trinajstić information content (AvgIpc) is 3.04. The molecule has 1 N–H and O–H groups in total. The maximum Gasteiger partial charge on any atom is 0.416 e. The summed E-state index contributed by atoms with van der Waals surface area (Å²) in [6.45, 7) is 1.91. The highest BCUT2D eigenvalue weighted by Crippen LogP contribution is 2.30. The molecule has 0 aliphatic heterocycles. The van der Waals surface area contributed by atoms with Gasteiger partial charge in [-0.25, -0.2) is 4.98 Å². The summed E-state index contributed by atoms with van der Waals surface area (Å²) in [5, 5.41) is 2.77. The number of anilines is 1. The van der Waals surface area contributed by atoms with Gasteiger partial charge in [0.05, 0.1) is 11.3 Å². The maximum atomic E-state index is 13.0. The number of hydrogen-bond donors (Lipinski definition) is 1. The molecule has 1 amide bonds. The molecule has 2 aromatic carbocycles. The number of hydrogen-bond acceptors (Lipinski definition) is 2. The van der Waals surface area contributed by atoms with Crippen LogP contribution in [0.3, 0.4) is 0 Å². The quantitative estimate of drug-likeness (QED) is 0.484. The SMILES string of the molecule is Cc1ccc2nc(Cc3ccccc3)c(NC(=O)c3cccc(C(F)(F)F)c3)n2c1. The number of alkyl halides is 3. The molecule has 30 heavy (non-hydrogen) atoms. The summed E-state index contributed by atoms with van der Waals surface area (Å²) < 4.78 is 40.8. The Balaban J connectivity index is 1.73. The third-order valence-electron chi connectivity index (χ3n) is 4.74. The summed E-state index contributed by atoms with van der Waals surface area (Å²) >= 11 is 0. The van der Waals surface area contributed by atoms with E-state index in [0.717, 1.165) is 23.3 Å². The first-order chi connectivity index (χ1) is 14.3. The average molecular weight is 409 g/mol. The van der Waals surface area contributed by atoms with Gasteiger partial charge in [-0.1, -0.05) is 42.5 Å². The first-order valence-electron chi connectivity index (χ1n) is 9.31. The van der Waals surface area contributed by atoms with Crippen LogP contribution in [-0.4, -0.2) is 15.3 Å². The molecule has 2 heterocycles. The second-order valence-corrected chi connectivity index (χ2v) is 7.04. The number of imidazole rings is 1. The number of halogens is 3. The van der Waals surface area contributed by atoms with E-state index in [4.69, 9.17) is 0 Å². The van der Waals surface area contributed by atoms with E-state index in [0.29, 0.717) is 23.6 Å². The van der Waals surface area contributed by atoms with Crippen LogP contribution in [0.5, 0.6) is 0 Å². The highest BCUT2D eigenvalue weighted by atomic mass is 19.4. The van der Waals surface area contributed by atoms with Crippen LogP contribution in [0.25, 0.3) is 5.65 Å². The summed E-state index contributed by atoms with van der Waals surface area (Å²) in [4.78, 5) is 17.4. The van der Waals surface area contributed by atoms with Crippen molar-refractivity contribution in [3.8, 4) is 0 Å². The van der Waals surface area contributed by atoms with E-state index in [2.05, 4.69) is 10.3 Å². The van der Waals surface area contributed by atoms with Gasteiger partial charge in [0.25, 0.3) is 5.91 Å². The zero-order chi connectivity index (χ0) is 21.3. The molecule has 0 atom stereocenters. The number of rotatable bonds is 4. The van der Waals surface area contributed by atoms with Crippen LogP contribution in [0.15, 0.2) is 72.9 Å². The molecular formula is C23H18F3N3O. The van der Waals surface area contributed by atoms with Crippen molar-refractivity contribution in [2.75, 3.05) is 5.32 Å². The second-order valence-electron chi connectivity index (χ2n) is 7.04. The van der Waals surface area contributed by atoms with Crippen molar-refractivity contribution in [1.29, 1.82) is 0 Å². The van der Waals surface area contributed by atoms with Gasteiger partial charge in [0.1, 0.15) is 11.5 Å². The molecule has 4 aromatic rings. The molecule has 0 unspecified atom stereocenters. The van der Waals surface area contributed by atoms with Crippen LogP contribution in [0, 0.1) is 6.92 Å². The smallest absolute Gasteiger partial charge is 0.306 e.